The number of ether oxygens (including phenoxy) is 1. The fourth-order valence-electron chi connectivity index (χ4n) is 1.64. The summed E-state index contributed by atoms with van der Waals surface area (Å²) in [6.07, 6.45) is 0. The first-order chi connectivity index (χ1) is 9.52. The molecule has 2 rings (SSSR count). The Hall–Kier alpha value is -1.20. The van der Waals surface area contributed by atoms with Crippen LogP contribution in [0.1, 0.15) is 11.1 Å². The first-order valence-corrected chi connectivity index (χ1v) is 6.95. The topological polar surface area (TPSA) is 9.23 Å². The second-order valence-corrected chi connectivity index (χ2v) is 5.12. The van der Waals surface area contributed by atoms with Gasteiger partial charge in [-0.05, 0) is 46.3 Å². The summed E-state index contributed by atoms with van der Waals surface area (Å²) >= 11 is 8.65. The third-order valence-corrected chi connectivity index (χ3v) is 3.58. The van der Waals surface area contributed by atoms with Crippen LogP contribution in [0.5, 0.6) is 5.75 Å². The van der Waals surface area contributed by atoms with Crippen molar-refractivity contribution in [1.82, 2.24) is 0 Å². The molecule has 0 unspecified atom stereocenters. The van der Waals surface area contributed by atoms with E-state index in [1.165, 1.54) is 24.3 Å². The summed E-state index contributed by atoms with van der Waals surface area (Å²) < 4.78 is 45.8. The Balaban J connectivity index is 2.23. The molecule has 0 heterocycles. The van der Waals surface area contributed by atoms with Gasteiger partial charge in [0.1, 0.15) is 29.8 Å². The zero-order valence-electron chi connectivity index (χ0n) is 10.1. The Morgan fingerprint density at radius 3 is 2.55 bits per heavy atom. The predicted octanol–water partition coefficient (Wildman–Crippen LogP) is 5.18. The van der Waals surface area contributed by atoms with E-state index < -0.39 is 17.5 Å². The highest BCUT2D eigenvalue weighted by atomic mass is 79.9. The van der Waals surface area contributed by atoms with E-state index in [-0.39, 0.29) is 22.5 Å². The molecule has 0 atom stereocenters. The summed E-state index contributed by atoms with van der Waals surface area (Å²) in [6, 6.07) is 6.20. The molecule has 0 aliphatic rings. The fourth-order valence-corrected chi connectivity index (χ4v) is 2.22. The molecule has 1 nitrogen and oxygen atoms in total. The minimum absolute atomic E-state index is 0.0382. The number of benzene rings is 2. The smallest absolute Gasteiger partial charge is 0.146 e. The molecular formula is C14H9BrClF3O. The van der Waals surface area contributed by atoms with Crippen molar-refractivity contribution >= 4 is 27.5 Å². The lowest BCUT2D eigenvalue weighted by atomic mass is 10.2. The van der Waals surface area contributed by atoms with Crippen molar-refractivity contribution in [3.8, 4) is 5.75 Å². The maximum Gasteiger partial charge on any atom is 0.146 e. The van der Waals surface area contributed by atoms with Gasteiger partial charge in [-0.25, -0.2) is 13.2 Å². The minimum Gasteiger partial charge on any atom is -0.488 e. The number of halogens is 5. The molecule has 106 valence electrons. The van der Waals surface area contributed by atoms with Crippen LogP contribution in [0.25, 0.3) is 0 Å². The quantitative estimate of drug-likeness (QED) is 0.535. The molecule has 2 aromatic carbocycles. The van der Waals surface area contributed by atoms with E-state index in [0.29, 0.717) is 11.3 Å². The van der Waals surface area contributed by atoms with Crippen LogP contribution in [0.4, 0.5) is 13.2 Å². The molecule has 0 N–H and O–H groups in total. The van der Waals surface area contributed by atoms with Crippen LogP contribution < -0.4 is 4.74 Å². The zero-order chi connectivity index (χ0) is 14.7. The SMILES string of the molecule is Fc1ccc(OCc2c(F)ccc(Br)c2F)c(CCl)c1. The van der Waals surface area contributed by atoms with Crippen molar-refractivity contribution in [2.75, 3.05) is 0 Å². The maximum absolute atomic E-state index is 13.8. The number of hydrogen-bond donors (Lipinski definition) is 0. The highest BCUT2D eigenvalue weighted by Gasteiger charge is 2.14. The monoisotopic (exact) mass is 364 g/mol. The summed E-state index contributed by atoms with van der Waals surface area (Å²) in [4.78, 5) is 0. The summed E-state index contributed by atoms with van der Waals surface area (Å²) in [5.41, 5.74) is 0.215. The molecule has 0 bridgehead atoms. The standard InChI is InChI=1S/C14H9BrClF3O/c15-11-2-3-12(18)10(14(11)19)7-20-13-4-1-9(17)5-8(13)6-16/h1-5H,6-7H2. The molecule has 0 aromatic heterocycles. The third-order valence-electron chi connectivity index (χ3n) is 2.68. The van der Waals surface area contributed by atoms with Gasteiger partial charge in [-0.2, -0.15) is 0 Å². The Labute approximate surface area is 127 Å². The summed E-state index contributed by atoms with van der Waals surface area (Å²) in [6.45, 7) is -0.313. The van der Waals surface area contributed by atoms with Crippen LogP contribution in [0, 0.1) is 17.5 Å². The van der Waals surface area contributed by atoms with Gasteiger partial charge in [0.25, 0.3) is 0 Å². The molecule has 0 amide bonds. The van der Waals surface area contributed by atoms with Gasteiger partial charge in [-0.3, -0.25) is 0 Å². The van der Waals surface area contributed by atoms with E-state index in [2.05, 4.69) is 15.9 Å². The molecule has 20 heavy (non-hydrogen) atoms. The third kappa shape index (κ3) is 3.27. The van der Waals surface area contributed by atoms with Gasteiger partial charge in [-0.15, -0.1) is 11.6 Å². The fraction of sp³-hybridized carbons (Fsp3) is 0.143. The maximum atomic E-state index is 13.8. The molecule has 6 heteroatoms. The van der Waals surface area contributed by atoms with Gasteiger partial charge in [0, 0.05) is 5.56 Å². The number of hydrogen-bond acceptors (Lipinski definition) is 1. The average molecular weight is 366 g/mol. The summed E-state index contributed by atoms with van der Waals surface area (Å²) in [5, 5.41) is 0. The van der Waals surface area contributed by atoms with Gasteiger partial charge in [-0.1, -0.05) is 0 Å². The van der Waals surface area contributed by atoms with Crippen molar-refractivity contribution in [1.29, 1.82) is 0 Å². The van der Waals surface area contributed by atoms with E-state index >= 15 is 0 Å². The highest BCUT2D eigenvalue weighted by Crippen LogP contribution is 2.26. The van der Waals surface area contributed by atoms with Crippen molar-refractivity contribution in [3.05, 3.63) is 63.4 Å². The van der Waals surface area contributed by atoms with Crippen LogP contribution in [-0.4, -0.2) is 0 Å². The summed E-state index contributed by atoms with van der Waals surface area (Å²) in [5.74, 6) is -1.55. The molecule has 0 saturated carbocycles. The van der Waals surface area contributed by atoms with Gasteiger partial charge < -0.3 is 4.74 Å². The summed E-state index contributed by atoms with van der Waals surface area (Å²) in [7, 11) is 0. The first kappa shape index (κ1) is 15.2. The lowest BCUT2D eigenvalue weighted by Gasteiger charge is -2.11. The lowest BCUT2D eigenvalue weighted by Crippen LogP contribution is -2.04. The molecule has 0 saturated heterocycles. The minimum atomic E-state index is -0.723. The van der Waals surface area contributed by atoms with Crippen LogP contribution in [-0.2, 0) is 12.5 Å². The van der Waals surface area contributed by atoms with Crippen molar-refractivity contribution < 1.29 is 17.9 Å². The molecule has 0 fully saturated rings. The lowest BCUT2D eigenvalue weighted by molar-refractivity contribution is 0.289. The van der Waals surface area contributed by atoms with Crippen molar-refractivity contribution in [2.24, 2.45) is 0 Å². The van der Waals surface area contributed by atoms with Crippen LogP contribution in [0.3, 0.4) is 0 Å². The van der Waals surface area contributed by atoms with Gasteiger partial charge in [0.05, 0.1) is 15.9 Å². The Morgan fingerprint density at radius 2 is 1.85 bits per heavy atom. The predicted molar refractivity (Wildman–Crippen MR) is 74.3 cm³/mol. The van der Waals surface area contributed by atoms with Crippen molar-refractivity contribution in [2.45, 2.75) is 12.5 Å². The highest BCUT2D eigenvalue weighted by molar-refractivity contribution is 9.10. The van der Waals surface area contributed by atoms with Crippen molar-refractivity contribution in [3.63, 3.8) is 0 Å². The first-order valence-electron chi connectivity index (χ1n) is 5.62. The van der Waals surface area contributed by atoms with E-state index in [9.17, 15) is 13.2 Å². The Morgan fingerprint density at radius 1 is 1.10 bits per heavy atom. The van der Waals surface area contributed by atoms with E-state index in [0.717, 1.165) is 6.07 Å². The van der Waals surface area contributed by atoms with Crippen LogP contribution >= 0.6 is 27.5 Å². The zero-order valence-corrected chi connectivity index (χ0v) is 12.4. The molecule has 0 aliphatic carbocycles. The average Bonchev–Trinajstić information content (AvgIpc) is 2.44. The number of rotatable bonds is 4. The van der Waals surface area contributed by atoms with E-state index in [1.807, 2.05) is 0 Å². The van der Waals surface area contributed by atoms with Crippen LogP contribution in [0.2, 0.25) is 0 Å². The second-order valence-electron chi connectivity index (χ2n) is 4.00. The van der Waals surface area contributed by atoms with E-state index in [4.69, 9.17) is 16.3 Å². The van der Waals surface area contributed by atoms with Gasteiger partial charge in [0.15, 0.2) is 0 Å². The molecular weight excluding hydrogens is 357 g/mol. The number of alkyl halides is 1. The van der Waals surface area contributed by atoms with Crippen LogP contribution in [0.15, 0.2) is 34.8 Å². The van der Waals surface area contributed by atoms with Gasteiger partial charge >= 0.3 is 0 Å². The molecule has 2 aromatic rings. The molecule has 0 aliphatic heterocycles. The normalized spacial score (nSPS) is 10.7. The van der Waals surface area contributed by atoms with E-state index in [1.54, 1.807) is 0 Å². The van der Waals surface area contributed by atoms with Gasteiger partial charge in [0.2, 0.25) is 0 Å². The Kier molecular flexibility index (Phi) is 4.94. The molecule has 0 radical (unpaired) electrons. The Bertz CT molecular complexity index is 634. The largest absolute Gasteiger partial charge is 0.488 e. The molecule has 0 spiro atoms. The second kappa shape index (κ2) is 6.50.